The van der Waals surface area contributed by atoms with Gasteiger partial charge in [-0.3, -0.25) is 4.79 Å². The number of ether oxygens (including phenoxy) is 6. The minimum absolute atomic E-state index is 0.178. The number of hydrogen-bond acceptors (Lipinski definition) is 8. The number of benzene rings is 3. The average Bonchev–Trinajstić information content (AvgIpc) is 2.95. The molecular formula is C29H31NO7. The van der Waals surface area contributed by atoms with Gasteiger partial charge in [-0.25, -0.2) is 0 Å². The van der Waals surface area contributed by atoms with Crippen LogP contribution >= 0.6 is 0 Å². The Morgan fingerprint density at radius 1 is 0.703 bits per heavy atom. The van der Waals surface area contributed by atoms with E-state index >= 15 is 0 Å². The van der Waals surface area contributed by atoms with Crippen LogP contribution in [0.2, 0.25) is 0 Å². The summed E-state index contributed by atoms with van der Waals surface area (Å²) in [5.41, 5.74) is 2.77. The molecule has 8 heteroatoms. The molecule has 194 valence electrons. The van der Waals surface area contributed by atoms with Gasteiger partial charge in [-0.1, -0.05) is 24.3 Å². The molecule has 0 atom stereocenters. The molecule has 0 aliphatic carbocycles. The monoisotopic (exact) mass is 505 g/mol. The van der Waals surface area contributed by atoms with Gasteiger partial charge in [0.2, 0.25) is 5.75 Å². The van der Waals surface area contributed by atoms with Crippen molar-refractivity contribution in [2.75, 3.05) is 48.0 Å². The van der Waals surface area contributed by atoms with Gasteiger partial charge in [-0.05, 0) is 42.0 Å². The largest absolute Gasteiger partial charge is 0.497 e. The van der Waals surface area contributed by atoms with Crippen LogP contribution in [0.5, 0.6) is 34.5 Å². The normalized spacial score (nSPS) is 10.9. The highest BCUT2D eigenvalue weighted by atomic mass is 16.5. The first-order valence-electron chi connectivity index (χ1n) is 11.3. The van der Waals surface area contributed by atoms with E-state index in [1.54, 1.807) is 73.1 Å². The number of nitrogens with one attached hydrogen (secondary N) is 1. The van der Waals surface area contributed by atoms with Crippen LogP contribution in [0.1, 0.15) is 21.5 Å². The van der Waals surface area contributed by atoms with Gasteiger partial charge < -0.3 is 33.7 Å². The van der Waals surface area contributed by atoms with E-state index in [4.69, 9.17) is 28.4 Å². The predicted molar refractivity (Wildman–Crippen MR) is 145 cm³/mol. The van der Waals surface area contributed by atoms with E-state index in [0.29, 0.717) is 45.7 Å². The van der Waals surface area contributed by atoms with Crippen molar-refractivity contribution in [2.45, 2.75) is 0 Å². The maximum atomic E-state index is 12.7. The van der Waals surface area contributed by atoms with Crippen LogP contribution < -0.4 is 33.7 Å². The van der Waals surface area contributed by atoms with E-state index in [0.717, 1.165) is 11.1 Å². The van der Waals surface area contributed by atoms with Gasteiger partial charge in [-0.2, -0.15) is 0 Å². The van der Waals surface area contributed by atoms with Crippen LogP contribution in [-0.4, -0.2) is 48.4 Å². The Labute approximate surface area is 217 Å². The topological polar surface area (TPSA) is 84.5 Å². The second kappa shape index (κ2) is 12.9. The van der Waals surface area contributed by atoms with E-state index in [1.165, 1.54) is 6.08 Å². The summed E-state index contributed by atoms with van der Waals surface area (Å²) in [4.78, 5) is 12.7. The summed E-state index contributed by atoms with van der Waals surface area (Å²) in [6, 6.07) is 14.4. The van der Waals surface area contributed by atoms with Crippen LogP contribution in [-0.2, 0) is 0 Å². The van der Waals surface area contributed by atoms with Gasteiger partial charge in [0.05, 0.1) is 48.3 Å². The van der Waals surface area contributed by atoms with Crippen molar-refractivity contribution in [2.24, 2.45) is 0 Å². The number of hydrogen-bond donors (Lipinski definition) is 1. The number of carbonyl (C=O) groups is 1. The number of anilines is 1. The van der Waals surface area contributed by atoms with Gasteiger partial charge in [0.25, 0.3) is 0 Å². The van der Waals surface area contributed by atoms with Crippen molar-refractivity contribution in [1.29, 1.82) is 0 Å². The Morgan fingerprint density at radius 2 is 1.38 bits per heavy atom. The highest BCUT2D eigenvalue weighted by Gasteiger charge is 2.15. The maximum Gasteiger partial charge on any atom is 0.203 e. The van der Waals surface area contributed by atoms with Crippen LogP contribution in [0.4, 0.5) is 5.69 Å². The predicted octanol–water partition coefficient (Wildman–Crippen LogP) is 5.72. The summed E-state index contributed by atoms with van der Waals surface area (Å²) in [7, 11) is 9.38. The number of ketones is 1. The summed E-state index contributed by atoms with van der Waals surface area (Å²) in [6.45, 7) is 0. The molecule has 8 nitrogen and oxygen atoms in total. The lowest BCUT2D eigenvalue weighted by molar-refractivity contribution is 0.104. The van der Waals surface area contributed by atoms with Crippen LogP contribution in [0.15, 0.2) is 60.8 Å². The van der Waals surface area contributed by atoms with E-state index in [9.17, 15) is 4.79 Å². The Bertz CT molecular complexity index is 1270. The molecule has 0 spiro atoms. The molecule has 0 unspecified atom stereocenters. The van der Waals surface area contributed by atoms with Gasteiger partial charge in [-0.15, -0.1) is 0 Å². The standard InChI is InChI=1S/C29H31NO7/c1-32-22-9-7-8-21(18-22)23(31)14-15-30-27-20(12-13-24(33-2)29(27)37-6)11-10-19-16-25(34-3)28(36-5)26(17-19)35-4/h7-18,30H,1-6H3/b11-10-,15-14-. The minimum Gasteiger partial charge on any atom is -0.497 e. The molecule has 3 rings (SSSR count). The molecule has 3 aromatic carbocycles. The molecule has 1 N–H and O–H groups in total. The molecule has 0 amide bonds. The quantitative estimate of drug-likeness (QED) is 0.190. The van der Waals surface area contributed by atoms with Gasteiger partial charge >= 0.3 is 0 Å². The molecule has 0 saturated heterocycles. The summed E-state index contributed by atoms with van der Waals surface area (Å²) in [5, 5.41) is 3.18. The second-order valence-electron chi connectivity index (χ2n) is 7.63. The Balaban J connectivity index is 1.95. The molecule has 0 radical (unpaired) electrons. The molecule has 0 heterocycles. The Kier molecular flexibility index (Phi) is 9.43. The molecule has 0 bridgehead atoms. The minimum atomic E-state index is -0.178. The lowest BCUT2D eigenvalue weighted by Crippen LogP contribution is -2.01. The molecule has 3 aromatic rings. The van der Waals surface area contributed by atoms with Crippen molar-refractivity contribution in [1.82, 2.24) is 0 Å². The molecule has 37 heavy (non-hydrogen) atoms. The highest BCUT2D eigenvalue weighted by molar-refractivity contribution is 6.05. The van der Waals surface area contributed by atoms with E-state index in [2.05, 4.69) is 5.32 Å². The van der Waals surface area contributed by atoms with Gasteiger partial charge in [0.15, 0.2) is 28.8 Å². The number of carbonyl (C=O) groups excluding carboxylic acids is 1. The first-order valence-corrected chi connectivity index (χ1v) is 11.3. The van der Waals surface area contributed by atoms with E-state index < -0.39 is 0 Å². The zero-order valence-corrected chi connectivity index (χ0v) is 21.8. The molecular weight excluding hydrogens is 474 g/mol. The summed E-state index contributed by atoms with van der Waals surface area (Å²) >= 11 is 0. The van der Waals surface area contributed by atoms with Gasteiger partial charge in [0.1, 0.15) is 5.75 Å². The second-order valence-corrected chi connectivity index (χ2v) is 7.63. The third-order valence-corrected chi connectivity index (χ3v) is 5.54. The lowest BCUT2D eigenvalue weighted by Gasteiger charge is -2.15. The maximum absolute atomic E-state index is 12.7. The third-order valence-electron chi connectivity index (χ3n) is 5.54. The smallest absolute Gasteiger partial charge is 0.203 e. The van der Waals surface area contributed by atoms with Crippen molar-refractivity contribution in [3.63, 3.8) is 0 Å². The molecule has 0 aromatic heterocycles. The van der Waals surface area contributed by atoms with Crippen LogP contribution in [0.25, 0.3) is 12.2 Å². The molecule has 0 aliphatic heterocycles. The Hall–Kier alpha value is -4.59. The van der Waals surface area contributed by atoms with Crippen molar-refractivity contribution < 1.29 is 33.2 Å². The number of methoxy groups -OCH3 is 6. The average molecular weight is 506 g/mol. The van der Waals surface area contributed by atoms with E-state index in [1.807, 2.05) is 36.4 Å². The van der Waals surface area contributed by atoms with Crippen molar-refractivity contribution in [3.8, 4) is 34.5 Å². The fraction of sp³-hybridized carbons (Fsp3) is 0.207. The first kappa shape index (κ1) is 27.0. The Morgan fingerprint density at radius 3 is 1.97 bits per heavy atom. The third kappa shape index (κ3) is 6.35. The fourth-order valence-electron chi connectivity index (χ4n) is 3.69. The molecule has 0 fully saturated rings. The van der Waals surface area contributed by atoms with Crippen LogP contribution in [0, 0.1) is 0 Å². The number of allylic oxidation sites excluding steroid dienone is 1. The molecule has 0 saturated carbocycles. The lowest BCUT2D eigenvalue weighted by atomic mass is 10.1. The zero-order chi connectivity index (χ0) is 26.8. The number of rotatable bonds is 12. The van der Waals surface area contributed by atoms with Crippen molar-refractivity contribution >= 4 is 23.6 Å². The van der Waals surface area contributed by atoms with E-state index in [-0.39, 0.29) is 5.78 Å². The molecule has 0 aliphatic rings. The summed E-state index contributed by atoms with van der Waals surface area (Å²) in [5.74, 6) is 3.08. The first-order chi connectivity index (χ1) is 18.0. The van der Waals surface area contributed by atoms with Crippen molar-refractivity contribution in [3.05, 3.63) is 77.5 Å². The summed E-state index contributed by atoms with van der Waals surface area (Å²) in [6.07, 6.45) is 6.82. The highest BCUT2D eigenvalue weighted by Crippen LogP contribution is 2.40. The van der Waals surface area contributed by atoms with Gasteiger partial charge in [0, 0.05) is 23.4 Å². The SMILES string of the molecule is COc1cccc(C(=O)/C=C\Nc2c(/C=C\c3cc(OC)c(OC)c(OC)c3)ccc(OC)c2OC)c1. The zero-order valence-electron chi connectivity index (χ0n) is 21.8. The summed E-state index contributed by atoms with van der Waals surface area (Å²) < 4.78 is 32.6. The fourth-order valence-corrected chi connectivity index (χ4v) is 3.69. The van der Waals surface area contributed by atoms with Crippen LogP contribution in [0.3, 0.4) is 0 Å².